The van der Waals surface area contributed by atoms with Crippen LogP contribution in [0.1, 0.15) is 36.7 Å². The number of aryl methyl sites for hydroxylation is 1. The summed E-state index contributed by atoms with van der Waals surface area (Å²) in [6.45, 7) is 2.48. The molecular weight excluding hydrogens is 282 g/mol. The minimum absolute atomic E-state index is 0.00395. The Hall–Kier alpha value is -2.44. The van der Waals surface area contributed by atoms with Gasteiger partial charge in [0.05, 0.1) is 17.4 Å². The first kappa shape index (κ1) is 14.5. The summed E-state index contributed by atoms with van der Waals surface area (Å²) >= 11 is 0. The number of likely N-dealkylation sites (tertiary alicyclic amines) is 1. The summed E-state index contributed by atoms with van der Waals surface area (Å²) in [5.41, 5.74) is 1.41. The minimum atomic E-state index is -0.256. The highest BCUT2D eigenvalue weighted by molar-refractivity contribution is 5.76. The van der Waals surface area contributed by atoms with Crippen LogP contribution >= 0.6 is 0 Å². The Morgan fingerprint density at radius 2 is 2.23 bits per heavy atom. The number of piperidine rings is 1. The number of nitrogens with zero attached hydrogens (tertiary/aromatic N) is 4. The Morgan fingerprint density at radius 3 is 3.00 bits per heavy atom. The lowest BCUT2D eigenvalue weighted by atomic mass is 9.99. The van der Waals surface area contributed by atoms with Crippen molar-refractivity contribution >= 4 is 5.91 Å². The van der Waals surface area contributed by atoms with Crippen LogP contribution in [0.25, 0.3) is 0 Å². The van der Waals surface area contributed by atoms with E-state index in [1.807, 2.05) is 11.0 Å². The number of hydrogen-bond acceptors (Lipinski definition) is 4. The van der Waals surface area contributed by atoms with Crippen LogP contribution in [0, 0.1) is 6.92 Å². The molecule has 0 spiro atoms. The Kier molecular flexibility index (Phi) is 4.04. The van der Waals surface area contributed by atoms with Crippen molar-refractivity contribution < 1.29 is 4.79 Å². The molecule has 3 rings (SSSR count). The van der Waals surface area contributed by atoms with E-state index in [1.54, 1.807) is 19.2 Å². The van der Waals surface area contributed by atoms with Gasteiger partial charge in [-0.25, -0.2) is 4.68 Å². The zero-order valence-electron chi connectivity index (χ0n) is 12.5. The third-order valence-electron chi connectivity index (χ3n) is 3.99. The van der Waals surface area contributed by atoms with E-state index < -0.39 is 0 Å². The molecule has 0 bridgehead atoms. The van der Waals surface area contributed by atoms with Crippen LogP contribution in [0.15, 0.2) is 29.2 Å². The third kappa shape index (κ3) is 2.93. The fourth-order valence-electron chi connectivity index (χ4n) is 2.89. The van der Waals surface area contributed by atoms with Gasteiger partial charge in [-0.3, -0.25) is 14.7 Å². The van der Waals surface area contributed by atoms with Gasteiger partial charge in [0, 0.05) is 18.8 Å². The molecular formula is C15H19N5O2. The van der Waals surface area contributed by atoms with Crippen molar-refractivity contribution in [3.05, 3.63) is 46.1 Å². The number of H-pyrrole nitrogens is 1. The van der Waals surface area contributed by atoms with E-state index in [1.165, 1.54) is 10.7 Å². The highest BCUT2D eigenvalue weighted by Crippen LogP contribution is 2.29. The second-order valence-corrected chi connectivity index (χ2v) is 5.58. The Balaban J connectivity index is 1.80. The van der Waals surface area contributed by atoms with Crippen molar-refractivity contribution in [2.75, 3.05) is 6.54 Å². The maximum Gasteiger partial charge on any atom is 0.267 e. The van der Waals surface area contributed by atoms with Gasteiger partial charge in [-0.2, -0.15) is 10.2 Å². The van der Waals surface area contributed by atoms with Crippen LogP contribution in [-0.2, 0) is 11.3 Å². The van der Waals surface area contributed by atoms with Crippen LogP contribution in [0.3, 0.4) is 0 Å². The molecule has 1 N–H and O–H groups in total. The van der Waals surface area contributed by atoms with Gasteiger partial charge in [0.1, 0.15) is 6.54 Å². The number of hydrogen-bond donors (Lipinski definition) is 1. The van der Waals surface area contributed by atoms with E-state index in [2.05, 4.69) is 15.3 Å². The van der Waals surface area contributed by atoms with Crippen LogP contribution < -0.4 is 5.56 Å². The molecule has 1 unspecified atom stereocenters. The molecule has 22 heavy (non-hydrogen) atoms. The topological polar surface area (TPSA) is 83.9 Å². The fourth-order valence-corrected chi connectivity index (χ4v) is 2.89. The number of carbonyl (C=O) groups is 1. The molecule has 0 radical (unpaired) electrons. The third-order valence-corrected chi connectivity index (χ3v) is 3.99. The van der Waals surface area contributed by atoms with Gasteiger partial charge in [-0.1, -0.05) is 0 Å². The van der Waals surface area contributed by atoms with Gasteiger partial charge in [-0.15, -0.1) is 0 Å². The second kappa shape index (κ2) is 6.13. The highest BCUT2D eigenvalue weighted by atomic mass is 16.2. The smallest absolute Gasteiger partial charge is 0.267 e. The lowest BCUT2D eigenvalue weighted by molar-refractivity contribution is -0.136. The summed E-state index contributed by atoms with van der Waals surface area (Å²) in [7, 11) is 0. The molecule has 1 aliphatic rings. The van der Waals surface area contributed by atoms with Crippen molar-refractivity contribution in [3.63, 3.8) is 0 Å². The molecule has 1 saturated heterocycles. The van der Waals surface area contributed by atoms with Gasteiger partial charge in [0.25, 0.3) is 5.56 Å². The number of aromatic nitrogens is 4. The van der Waals surface area contributed by atoms with Gasteiger partial charge < -0.3 is 4.90 Å². The standard InChI is InChI=1S/C15H19N5O2/c1-11-5-6-14(21)20(18-11)10-15(22)19-9-3-2-4-13(19)12-7-8-16-17-12/h5-8,13H,2-4,9-10H2,1H3,(H,16,17). The molecule has 2 aromatic heterocycles. The number of rotatable bonds is 3. The molecule has 1 atom stereocenters. The molecule has 1 aliphatic heterocycles. The number of carbonyl (C=O) groups excluding carboxylic acids is 1. The first-order valence-electron chi connectivity index (χ1n) is 7.48. The minimum Gasteiger partial charge on any atom is -0.333 e. The quantitative estimate of drug-likeness (QED) is 0.917. The van der Waals surface area contributed by atoms with Crippen LogP contribution in [0.4, 0.5) is 0 Å². The van der Waals surface area contributed by atoms with E-state index >= 15 is 0 Å². The van der Waals surface area contributed by atoms with E-state index in [0.29, 0.717) is 6.54 Å². The average Bonchev–Trinajstić information content (AvgIpc) is 3.05. The lowest BCUT2D eigenvalue weighted by Crippen LogP contribution is -2.42. The molecule has 0 aromatic carbocycles. The normalized spacial score (nSPS) is 18.4. The summed E-state index contributed by atoms with van der Waals surface area (Å²) in [6.07, 6.45) is 4.66. The van der Waals surface area contributed by atoms with Crippen molar-refractivity contribution in [1.29, 1.82) is 0 Å². The molecule has 7 nitrogen and oxygen atoms in total. The van der Waals surface area contributed by atoms with Gasteiger partial charge >= 0.3 is 0 Å². The Labute approximate surface area is 128 Å². The number of amides is 1. The monoisotopic (exact) mass is 301 g/mol. The predicted molar refractivity (Wildman–Crippen MR) is 80.1 cm³/mol. The summed E-state index contributed by atoms with van der Waals surface area (Å²) in [6, 6.07) is 4.99. The molecule has 2 aromatic rings. The van der Waals surface area contributed by atoms with Gasteiger partial charge in [-0.05, 0) is 38.3 Å². The summed E-state index contributed by atoms with van der Waals surface area (Å²) < 4.78 is 1.23. The maximum absolute atomic E-state index is 12.6. The van der Waals surface area contributed by atoms with E-state index in [0.717, 1.165) is 30.7 Å². The Bertz CT molecular complexity index is 707. The molecule has 0 aliphatic carbocycles. The van der Waals surface area contributed by atoms with Crippen LogP contribution in [0.2, 0.25) is 0 Å². The van der Waals surface area contributed by atoms with E-state index in [9.17, 15) is 9.59 Å². The lowest BCUT2D eigenvalue weighted by Gasteiger charge is -2.35. The molecule has 1 amide bonds. The van der Waals surface area contributed by atoms with Crippen molar-refractivity contribution in [3.8, 4) is 0 Å². The molecule has 0 saturated carbocycles. The fraction of sp³-hybridized carbons (Fsp3) is 0.467. The largest absolute Gasteiger partial charge is 0.333 e. The van der Waals surface area contributed by atoms with Crippen molar-refractivity contribution in [1.82, 2.24) is 24.9 Å². The van der Waals surface area contributed by atoms with Gasteiger partial charge in [0.15, 0.2) is 0 Å². The summed E-state index contributed by atoms with van der Waals surface area (Å²) in [5.74, 6) is -0.0838. The van der Waals surface area contributed by atoms with Crippen molar-refractivity contribution in [2.24, 2.45) is 0 Å². The second-order valence-electron chi connectivity index (χ2n) is 5.58. The zero-order valence-corrected chi connectivity index (χ0v) is 12.5. The first-order chi connectivity index (χ1) is 10.6. The summed E-state index contributed by atoms with van der Waals surface area (Å²) in [5, 5.41) is 11.1. The maximum atomic E-state index is 12.6. The number of nitrogens with one attached hydrogen (secondary N) is 1. The summed E-state index contributed by atoms with van der Waals surface area (Å²) in [4.78, 5) is 26.3. The first-order valence-corrected chi connectivity index (χ1v) is 7.48. The molecule has 7 heteroatoms. The Morgan fingerprint density at radius 1 is 1.36 bits per heavy atom. The van der Waals surface area contributed by atoms with Gasteiger partial charge in [0.2, 0.25) is 5.91 Å². The SMILES string of the molecule is Cc1ccc(=O)n(CC(=O)N2CCCCC2c2ccn[nH]2)n1. The van der Waals surface area contributed by atoms with E-state index in [-0.39, 0.29) is 24.1 Å². The van der Waals surface area contributed by atoms with E-state index in [4.69, 9.17) is 0 Å². The molecule has 3 heterocycles. The zero-order chi connectivity index (χ0) is 15.5. The molecule has 116 valence electrons. The average molecular weight is 301 g/mol. The van der Waals surface area contributed by atoms with Crippen molar-refractivity contribution in [2.45, 2.75) is 38.8 Å². The molecule has 1 fully saturated rings. The highest BCUT2D eigenvalue weighted by Gasteiger charge is 2.29. The van der Waals surface area contributed by atoms with Crippen LogP contribution in [0.5, 0.6) is 0 Å². The number of aromatic amines is 1. The predicted octanol–water partition coefficient (Wildman–Crippen LogP) is 1.03. The van der Waals surface area contributed by atoms with Crippen LogP contribution in [-0.4, -0.2) is 37.3 Å².